The van der Waals surface area contributed by atoms with E-state index in [4.69, 9.17) is 4.74 Å². The summed E-state index contributed by atoms with van der Waals surface area (Å²) in [7, 11) is 4.35. The summed E-state index contributed by atoms with van der Waals surface area (Å²) in [6.07, 6.45) is 10.7. The van der Waals surface area contributed by atoms with Gasteiger partial charge in [-0.25, -0.2) is 0 Å². The van der Waals surface area contributed by atoms with Crippen molar-refractivity contribution < 1.29 is 4.74 Å². The molecule has 142 valence electrons. The van der Waals surface area contributed by atoms with Gasteiger partial charge in [0.2, 0.25) is 0 Å². The molecule has 2 fully saturated rings. The summed E-state index contributed by atoms with van der Waals surface area (Å²) in [5.74, 6) is 0.639. The molecule has 2 aliphatic rings. The first-order valence-corrected chi connectivity index (χ1v) is 10.2. The van der Waals surface area contributed by atoms with E-state index >= 15 is 0 Å². The lowest BCUT2D eigenvalue weighted by Crippen LogP contribution is -2.34. The summed E-state index contributed by atoms with van der Waals surface area (Å²) in [5, 5.41) is 4.60. The molecule has 1 aromatic heterocycles. The van der Waals surface area contributed by atoms with Crippen molar-refractivity contribution in [3.63, 3.8) is 0 Å². The number of hydrogen-bond acceptors (Lipinski definition) is 3. The second kappa shape index (κ2) is 7.40. The first-order chi connectivity index (χ1) is 11.8. The molecule has 0 unspecified atom stereocenters. The molecule has 1 saturated heterocycles. The van der Waals surface area contributed by atoms with Crippen molar-refractivity contribution in [2.45, 2.75) is 83.8 Å². The molecule has 0 N–H and O–H groups in total. The molecular weight excluding hydrogens is 310 g/mol. The highest BCUT2D eigenvalue weighted by Gasteiger charge is 2.46. The van der Waals surface area contributed by atoms with Gasteiger partial charge in [0.05, 0.1) is 18.4 Å². The lowest BCUT2D eigenvalue weighted by molar-refractivity contribution is -0.0298. The van der Waals surface area contributed by atoms with Gasteiger partial charge < -0.3 is 9.64 Å². The Labute approximate surface area is 153 Å². The summed E-state index contributed by atoms with van der Waals surface area (Å²) in [4.78, 5) is 2.44. The van der Waals surface area contributed by atoms with E-state index in [1.807, 2.05) is 0 Å². The zero-order chi connectivity index (χ0) is 18.1. The quantitative estimate of drug-likeness (QED) is 0.759. The highest BCUT2D eigenvalue weighted by Crippen LogP contribution is 2.50. The van der Waals surface area contributed by atoms with Crippen LogP contribution in [0.4, 0.5) is 0 Å². The van der Waals surface area contributed by atoms with Gasteiger partial charge in [-0.15, -0.1) is 0 Å². The molecule has 1 spiro atoms. The lowest BCUT2D eigenvalue weighted by atomic mass is 9.72. The fourth-order valence-corrected chi connectivity index (χ4v) is 5.00. The van der Waals surface area contributed by atoms with Gasteiger partial charge in [-0.3, -0.25) is 4.68 Å². The van der Waals surface area contributed by atoms with Crippen molar-refractivity contribution in [2.24, 2.45) is 12.5 Å². The van der Waals surface area contributed by atoms with Crippen LogP contribution in [0.25, 0.3) is 0 Å². The van der Waals surface area contributed by atoms with E-state index in [1.54, 1.807) is 0 Å². The highest BCUT2D eigenvalue weighted by atomic mass is 16.5. The van der Waals surface area contributed by atoms with Crippen molar-refractivity contribution in [1.82, 2.24) is 14.7 Å². The number of aryl methyl sites for hydroxylation is 1. The van der Waals surface area contributed by atoms with Gasteiger partial charge in [0.1, 0.15) is 0 Å². The topological polar surface area (TPSA) is 30.3 Å². The van der Waals surface area contributed by atoms with Gasteiger partial charge in [-0.1, -0.05) is 27.2 Å². The molecule has 0 bridgehead atoms. The normalized spacial score (nSPS) is 29.0. The number of unbranched alkanes of at least 4 members (excludes halogenated alkanes) is 1. The first-order valence-electron chi connectivity index (χ1n) is 10.2. The van der Waals surface area contributed by atoms with Crippen molar-refractivity contribution >= 4 is 0 Å². The van der Waals surface area contributed by atoms with Crippen molar-refractivity contribution in [3.05, 3.63) is 17.5 Å². The predicted octanol–water partition coefficient (Wildman–Crippen LogP) is 4.49. The second-order valence-electron chi connectivity index (χ2n) is 9.36. The van der Waals surface area contributed by atoms with Crippen molar-refractivity contribution in [3.8, 4) is 0 Å². The molecule has 0 atom stereocenters. The van der Waals surface area contributed by atoms with E-state index in [1.165, 1.54) is 62.7 Å². The molecular formula is C21H37N3O. The highest BCUT2D eigenvalue weighted by molar-refractivity contribution is 5.23. The van der Waals surface area contributed by atoms with E-state index in [-0.39, 0.29) is 5.60 Å². The molecule has 2 heterocycles. The van der Waals surface area contributed by atoms with Crippen LogP contribution in [0.1, 0.15) is 82.9 Å². The minimum atomic E-state index is 0.163. The molecule has 0 aromatic carbocycles. The fraction of sp³-hybridized carbons (Fsp3) is 0.857. The van der Waals surface area contributed by atoms with Gasteiger partial charge >= 0.3 is 0 Å². The van der Waals surface area contributed by atoms with E-state index in [9.17, 15) is 0 Å². The summed E-state index contributed by atoms with van der Waals surface area (Å²) >= 11 is 0. The molecule has 1 aliphatic heterocycles. The third-order valence-corrected chi connectivity index (χ3v) is 6.25. The maximum absolute atomic E-state index is 6.30. The largest absolute Gasteiger partial charge is 0.374 e. The van der Waals surface area contributed by atoms with Crippen LogP contribution in [0.15, 0.2) is 6.20 Å². The molecule has 4 nitrogen and oxygen atoms in total. The SMILES string of the molecule is CCCCN(C)Cc1cnn(C)c1C1CCC2(CC1)CC(C)(C)CO2. The minimum Gasteiger partial charge on any atom is -0.374 e. The first kappa shape index (κ1) is 18.9. The van der Waals surface area contributed by atoms with Gasteiger partial charge in [0.25, 0.3) is 0 Å². The Morgan fingerprint density at radius 3 is 2.64 bits per heavy atom. The Hall–Kier alpha value is -0.870. The Morgan fingerprint density at radius 2 is 2.04 bits per heavy atom. The van der Waals surface area contributed by atoms with Gasteiger partial charge in [0, 0.05) is 30.8 Å². The minimum absolute atomic E-state index is 0.163. The number of rotatable bonds is 6. The van der Waals surface area contributed by atoms with Crippen LogP contribution in [-0.4, -0.2) is 40.5 Å². The van der Waals surface area contributed by atoms with Crippen LogP contribution in [-0.2, 0) is 18.3 Å². The third kappa shape index (κ3) is 4.28. The standard InChI is InChI=1S/C21H37N3O/c1-6-7-12-23(4)14-18-13-22-24(5)19(18)17-8-10-21(11-9-17)15-20(2,3)16-25-21/h13,17H,6-12,14-16H2,1-5H3. The van der Waals surface area contributed by atoms with Gasteiger partial charge in [0.15, 0.2) is 0 Å². The van der Waals surface area contributed by atoms with E-state index in [2.05, 4.69) is 55.7 Å². The smallest absolute Gasteiger partial charge is 0.0689 e. The average molecular weight is 348 g/mol. The second-order valence-corrected chi connectivity index (χ2v) is 9.36. The number of aromatic nitrogens is 2. The number of ether oxygens (including phenoxy) is 1. The molecule has 4 heteroatoms. The van der Waals surface area contributed by atoms with E-state index < -0.39 is 0 Å². The maximum Gasteiger partial charge on any atom is 0.0689 e. The van der Waals surface area contributed by atoms with Gasteiger partial charge in [-0.05, 0) is 57.5 Å². The fourth-order valence-electron chi connectivity index (χ4n) is 5.00. The van der Waals surface area contributed by atoms with Crippen molar-refractivity contribution in [2.75, 3.05) is 20.2 Å². The third-order valence-electron chi connectivity index (χ3n) is 6.25. The average Bonchev–Trinajstić information content (AvgIpc) is 3.07. The Morgan fingerprint density at radius 1 is 1.32 bits per heavy atom. The Balaban J connectivity index is 1.64. The van der Waals surface area contributed by atoms with Crippen LogP contribution in [0, 0.1) is 5.41 Å². The van der Waals surface area contributed by atoms with Crippen LogP contribution in [0.2, 0.25) is 0 Å². The predicted molar refractivity (Wildman–Crippen MR) is 103 cm³/mol. The lowest BCUT2D eigenvalue weighted by Gasteiger charge is -2.37. The van der Waals surface area contributed by atoms with Crippen molar-refractivity contribution in [1.29, 1.82) is 0 Å². The zero-order valence-corrected chi connectivity index (χ0v) is 17.0. The summed E-state index contributed by atoms with van der Waals surface area (Å²) in [6, 6.07) is 0. The van der Waals surface area contributed by atoms with Crippen LogP contribution in [0.3, 0.4) is 0 Å². The summed E-state index contributed by atoms with van der Waals surface area (Å²) < 4.78 is 8.43. The number of hydrogen-bond donors (Lipinski definition) is 0. The molecule has 1 aromatic rings. The molecule has 0 amide bonds. The summed E-state index contributed by atoms with van der Waals surface area (Å²) in [6.45, 7) is 10.1. The molecule has 25 heavy (non-hydrogen) atoms. The van der Waals surface area contributed by atoms with Gasteiger partial charge in [-0.2, -0.15) is 5.10 Å². The van der Waals surface area contributed by atoms with Crippen LogP contribution >= 0.6 is 0 Å². The Bertz CT molecular complexity index is 570. The molecule has 3 rings (SSSR count). The van der Waals surface area contributed by atoms with Crippen LogP contribution in [0.5, 0.6) is 0 Å². The van der Waals surface area contributed by atoms with E-state index in [0.29, 0.717) is 11.3 Å². The monoisotopic (exact) mass is 347 g/mol. The zero-order valence-electron chi connectivity index (χ0n) is 17.0. The summed E-state index contributed by atoms with van der Waals surface area (Å²) in [5.41, 5.74) is 3.41. The molecule has 1 saturated carbocycles. The molecule has 0 radical (unpaired) electrons. The Kier molecular flexibility index (Phi) is 5.60. The van der Waals surface area contributed by atoms with E-state index in [0.717, 1.165) is 13.2 Å². The maximum atomic E-state index is 6.30. The van der Waals surface area contributed by atoms with Crippen LogP contribution < -0.4 is 0 Å². The number of nitrogens with zero attached hydrogens (tertiary/aromatic N) is 3. The molecule has 1 aliphatic carbocycles.